The summed E-state index contributed by atoms with van der Waals surface area (Å²) in [6, 6.07) is 13.9. The number of nitro groups is 1. The summed E-state index contributed by atoms with van der Waals surface area (Å²) in [5.41, 5.74) is 7.26. The van der Waals surface area contributed by atoms with E-state index in [2.05, 4.69) is 0 Å². The van der Waals surface area contributed by atoms with E-state index in [1.165, 1.54) is 16.4 Å². The molecule has 4 rings (SSSR count). The van der Waals surface area contributed by atoms with Crippen LogP contribution >= 0.6 is 11.6 Å². The first-order valence-corrected chi connectivity index (χ1v) is 11.0. The number of carbonyl (C=O) groups is 1. The molecule has 1 aliphatic heterocycles. The van der Waals surface area contributed by atoms with Crippen molar-refractivity contribution in [2.24, 2.45) is 5.73 Å². The Morgan fingerprint density at radius 1 is 1.06 bits per heavy atom. The van der Waals surface area contributed by atoms with Crippen molar-refractivity contribution in [2.45, 2.75) is 18.0 Å². The van der Waals surface area contributed by atoms with E-state index in [0.717, 1.165) is 17.7 Å². The lowest BCUT2D eigenvalue weighted by Gasteiger charge is -2.29. The maximum atomic E-state index is 13.1. The van der Waals surface area contributed by atoms with Gasteiger partial charge in [0.05, 0.1) is 32.6 Å². The Kier molecular flexibility index (Phi) is 5.29. The van der Waals surface area contributed by atoms with E-state index in [4.69, 9.17) is 17.3 Å². The summed E-state index contributed by atoms with van der Waals surface area (Å²) in [5, 5.41) is 11.0. The summed E-state index contributed by atoms with van der Waals surface area (Å²) in [6.45, 7) is 0.290. The van der Waals surface area contributed by atoms with Crippen molar-refractivity contribution in [3.05, 3.63) is 81.0 Å². The van der Waals surface area contributed by atoms with Crippen LogP contribution in [-0.2, 0) is 23.1 Å². The van der Waals surface area contributed by atoms with Gasteiger partial charge < -0.3 is 10.3 Å². The number of hydrogen-bond acceptors (Lipinski definition) is 5. The van der Waals surface area contributed by atoms with E-state index in [1.54, 1.807) is 0 Å². The molecule has 0 unspecified atom stereocenters. The monoisotopic (exact) mass is 460 g/mol. The van der Waals surface area contributed by atoms with Gasteiger partial charge >= 0.3 is 0 Å². The molecule has 0 spiro atoms. The molecule has 160 valence electrons. The number of sulfonamides is 1. The molecular formula is C20H17ClN4O5S. The molecule has 2 heterocycles. The van der Waals surface area contributed by atoms with E-state index in [9.17, 15) is 23.3 Å². The van der Waals surface area contributed by atoms with Crippen LogP contribution in [0.2, 0.25) is 5.02 Å². The minimum absolute atomic E-state index is 0.0758. The van der Waals surface area contributed by atoms with Crippen LogP contribution in [0.4, 0.5) is 5.69 Å². The van der Waals surface area contributed by atoms with Crippen LogP contribution in [0.5, 0.6) is 0 Å². The normalized spacial score (nSPS) is 14.2. The molecule has 3 aromatic rings. The van der Waals surface area contributed by atoms with E-state index in [0.29, 0.717) is 11.4 Å². The molecule has 0 radical (unpaired) electrons. The quantitative estimate of drug-likeness (QED) is 0.462. The van der Waals surface area contributed by atoms with Crippen molar-refractivity contribution < 1.29 is 18.1 Å². The molecule has 31 heavy (non-hydrogen) atoms. The van der Waals surface area contributed by atoms with Crippen LogP contribution in [0.25, 0.3) is 11.3 Å². The molecule has 2 N–H and O–H groups in total. The number of primary amides is 1. The second kappa shape index (κ2) is 7.80. The van der Waals surface area contributed by atoms with Gasteiger partial charge in [0.15, 0.2) is 0 Å². The Bertz CT molecular complexity index is 1290. The topological polar surface area (TPSA) is 129 Å². The van der Waals surface area contributed by atoms with Gasteiger partial charge in [0, 0.05) is 30.9 Å². The summed E-state index contributed by atoms with van der Waals surface area (Å²) in [5.74, 6) is -0.745. The van der Waals surface area contributed by atoms with Gasteiger partial charge in [0.2, 0.25) is 10.0 Å². The highest BCUT2D eigenvalue weighted by atomic mass is 35.5. The highest BCUT2D eigenvalue weighted by Crippen LogP contribution is 2.38. The first kappa shape index (κ1) is 21.0. The van der Waals surface area contributed by atoms with E-state index >= 15 is 0 Å². The average Bonchev–Trinajstić information content (AvgIpc) is 3.05. The van der Waals surface area contributed by atoms with Gasteiger partial charge in [-0.3, -0.25) is 14.9 Å². The number of hydrogen-bond donors (Lipinski definition) is 1. The first-order chi connectivity index (χ1) is 14.7. The number of nitro benzene ring substituents is 1. The van der Waals surface area contributed by atoms with Crippen molar-refractivity contribution in [2.75, 3.05) is 6.54 Å². The van der Waals surface area contributed by atoms with E-state index in [1.807, 2.05) is 34.9 Å². The third kappa shape index (κ3) is 3.58. The maximum Gasteiger partial charge on any atom is 0.269 e. The number of benzene rings is 2. The molecule has 0 atom stereocenters. The van der Waals surface area contributed by atoms with E-state index < -0.39 is 20.9 Å². The smallest absolute Gasteiger partial charge is 0.269 e. The molecule has 11 heteroatoms. The number of carbonyl (C=O) groups excluding carboxylic acids is 1. The Morgan fingerprint density at radius 3 is 2.29 bits per heavy atom. The van der Waals surface area contributed by atoms with Crippen molar-refractivity contribution in [1.29, 1.82) is 0 Å². The Labute approximate surface area is 182 Å². The van der Waals surface area contributed by atoms with Gasteiger partial charge in [0.25, 0.3) is 11.6 Å². The number of nitrogens with two attached hydrogens (primary N) is 1. The number of fused-ring (bicyclic) bond motifs is 1. The predicted molar refractivity (Wildman–Crippen MR) is 114 cm³/mol. The van der Waals surface area contributed by atoms with Gasteiger partial charge in [-0.1, -0.05) is 41.9 Å². The summed E-state index contributed by atoms with van der Waals surface area (Å²) < 4.78 is 29.3. The Morgan fingerprint density at radius 2 is 1.71 bits per heavy atom. The minimum Gasteiger partial charge on any atom is -0.365 e. The number of nitrogens with zero attached hydrogens (tertiary/aromatic N) is 3. The molecule has 0 aliphatic carbocycles. The first-order valence-electron chi connectivity index (χ1n) is 9.22. The predicted octanol–water partition coefficient (Wildman–Crippen LogP) is 3.02. The molecule has 1 aromatic heterocycles. The lowest BCUT2D eigenvalue weighted by atomic mass is 10.1. The summed E-state index contributed by atoms with van der Waals surface area (Å²) in [7, 11) is -3.96. The maximum absolute atomic E-state index is 13.1. The molecule has 0 fully saturated rings. The minimum atomic E-state index is -3.96. The molecule has 0 saturated heterocycles. The zero-order chi connectivity index (χ0) is 22.3. The molecule has 0 bridgehead atoms. The van der Waals surface area contributed by atoms with Gasteiger partial charge in [-0.2, -0.15) is 4.31 Å². The fourth-order valence-corrected chi connectivity index (χ4v) is 5.53. The lowest BCUT2D eigenvalue weighted by molar-refractivity contribution is -0.384. The zero-order valence-corrected chi connectivity index (χ0v) is 17.6. The van der Waals surface area contributed by atoms with Crippen molar-refractivity contribution in [3.8, 4) is 11.3 Å². The number of halogens is 1. The average molecular weight is 461 g/mol. The zero-order valence-electron chi connectivity index (χ0n) is 16.1. The van der Waals surface area contributed by atoms with Gasteiger partial charge in [0.1, 0.15) is 0 Å². The van der Waals surface area contributed by atoms with Gasteiger partial charge in [-0.25, -0.2) is 8.42 Å². The van der Waals surface area contributed by atoms with Crippen molar-refractivity contribution in [3.63, 3.8) is 0 Å². The summed E-state index contributed by atoms with van der Waals surface area (Å²) in [6.07, 6.45) is 0. The fraction of sp³-hybridized carbons (Fsp3) is 0.150. The van der Waals surface area contributed by atoms with Gasteiger partial charge in [-0.05, 0) is 17.7 Å². The summed E-state index contributed by atoms with van der Waals surface area (Å²) >= 11 is 6.52. The van der Waals surface area contributed by atoms with Crippen LogP contribution in [-0.4, -0.2) is 34.7 Å². The molecule has 9 nitrogen and oxygen atoms in total. The number of amides is 1. The standard InChI is InChI=1S/C20H17ClN4O5S/c21-18-17(20(22)26)16-12-23(10-11-24(16)19(18)13-4-2-1-3-5-13)31(29,30)15-8-6-14(7-9-15)25(27)28/h1-9H,10-12H2,(H2,22,26). The van der Waals surface area contributed by atoms with Crippen molar-refractivity contribution >= 4 is 33.2 Å². The Balaban J connectivity index is 1.76. The molecule has 1 amide bonds. The largest absolute Gasteiger partial charge is 0.365 e. The molecule has 1 aliphatic rings. The number of non-ortho nitro benzene ring substituents is 1. The highest BCUT2D eigenvalue weighted by molar-refractivity contribution is 7.89. The third-order valence-electron chi connectivity index (χ3n) is 5.19. The third-order valence-corrected chi connectivity index (χ3v) is 7.42. The van der Waals surface area contributed by atoms with Crippen LogP contribution in [0.15, 0.2) is 59.5 Å². The van der Waals surface area contributed by atoms with Crippen LogP contribution in [0, 0.1) is 10.1 Å². The van der Waals surface area contributed by atoms with Crippen LogP contribution < -0.4 is 5.73 Å². The lowest BCUT2D eigenvalue weighted by Crippen LogP contribution is -2.39. The van der Waals surface area contributed by atoms with Crippen molar-refractivity contribution in [1.82, 2.24) is 8.87 Å². The molecular weight excluding hydrogens is 444 g/mol. The highest BCUT2D eigenvalue weighted by Gasteiger charge is 2.34. The molecule has 0 saturated carbocycles. The van der Waals surface area contributed by atoms with Crippen LogP contribution in [0.3, 0.4) is 0 Å². The second-order valence-corrected chi connectivity index (χ2v) is 9.27. The second-order valence-electron chi connectivity index (χ2n) is 6.96. The van der Waals surface area contributed by atoms with Crippen LogP contribution in [0.1, 0.15) is 16.1 Å². The SMILES string of the molecule is NC(=O)c1c(Cl)c(-c2ccccc2)n2c1CN(S(=O)(=O)c1ccc([N+](=O)[O-])cc1)CC2. The van der Waals surface area contributed by atoms with E-state index in [-0.39, 0.29) is 40.8 Å². The number of aromatic nitrogens is 1. The number of rotatable bonds is 5. The Hall–Kier alpha value is -3.21. The fourth-order valence-electron chi connectivity index (χ4n) is 3.73. The van der Waals surface area contributed by atoms with Gasteiger partial charge in [-0.15, -0.1) is 0 Å². The summed E-state index contributed by atoms with van der Waals surface area (Å²) in [4.78, 5) is 22.3. The molecule has 2 aromatic carbocycles.